The highest BCUT2D eigenvalue weighted by molar-refractivity contribution is 6.04. The molecule has 1 aromatic heterocycles. The number of nitrogens with one attached hydrogen (secondary N) is 1. The van der Waals surface area contributed by atoms with Gasteiger partial charge < -0.3 is 24.8 Å². The number of hydrogen-bond acceptors (Lipinski definition) is 8. The van der Waals surface area contributed by atoms with E-state index in [4.69, 9.17) is 20.9 Å². The molecule has 7 rings (SSSR count). The molecule has 2 atom stereocenters. The molecule has 2 unspecified atom stereocenters. The first kappa shape index (κ1) is 33.5. The second-order valence-corrected chi connectivity index (χ2v) is 12.3. The van der Waals surface area contributed by atoms with Crippen LogP contribution in [0.2, 0.25) is 0 Å². The third-order valence-corrected chi connectivity index (χ3v) is 9.49. The number of rotatable bonds is 7. The van der Waals surface area contributed by atoms with Crippen LogP contribution in [0, 0.1) is 24.0 Å². The van der Waals surface area contributed by atoms with Gasteiger partial charge >= 0.3 is 6.01 Å². The molecule has 3 aliphatic rings. The van der Waals surface area contributed by atoms with E-state index in [1.165, 1.54) is 24.3 Å². The number of hydrogen-bond donors (Lipinski definition) is 2. The average molecular weight is 660 g/mol. The summed E-state index contributed by atoms with van der Waals surface area (Å²) in [6, 6.07) is 8.92. The number of terminal acetylenes is 1. The molecule has 4 heterocycles. The SMILES string of the molecule is C#Cc1c(F)ccc2cc(O)cc(-c3ccc4c(N5CCNC(COC)C5)nc(OCC56CCCN5C/C(=C\F)C6)nc4c3F)c12.CC. The van der Waals surface area contributed by atoms with Crippen LogP contribution in [0.15, 0.2) is 48.3 Å². The Bertz CT molecular complexity index is 1910. The molecule has 4 aromatic rings. The standard InChI is InChI=1S/C35H34F3N5O3.C2H6/c1-3-25-29(37)8-5-22-13-24(44)14-28(30(22)25)26-6-7-27-32(31(26)38)40-34(41-33(27)42-12-10-39-23(18-42)19-45-2)46-20-35-9-4-11-43(35)17-21(15-35)16-36;1-2/h1,5-8,13-14,16,23,39,44H,4,9-12,15,17-20H2,2H3;1-2H3/b21-16-;. The molecule has 0 bridgehead atoms. The molecule has 0 radical (unpaired) electrons. The lowest BCUT2D eigenvalue weighted by Crippen LogP contribution is -2.53. The quantitative estimate of drug-likeness (QED) is 0.223. The summed E-state index contributed by atoms with van der Waals surface area (Å²) in [5.41, 5.74) is 0.687. The van der Waals surface area contributed by atoms with E-state index in [0.29, 0.717) is 67.5 Å². The van der Waals surface area contributed by atoms with E-state index in [2.05, 4.69) is 26.0 Å². The van der Waals surface area contributed by atoms with Gasteiger partial charge in [-0.2, -0.15) is 9.97 Å². The van der Waals surface area contributed by atoms with Gasteiger partial charge in [0.25, 0.3) is 0 Å². The van der Waals surface area contributed by atoms with Gasteiger partial charge in [-0.25, -0.2) is 13.2 Å². The highest BCUT2D eigenvalue weighted by Gasteiger charge is 2.47. The molecular formula is C37H40F3N5O3. The van der Waals surface area contributed by atoms with E-state index in [1.54, 1.807) is 19.2 Å². The van der Waals surface area contributed by atoms with Crippen LogP contribution in [0.1, 0.15) is 38.7 Å². The predicted octanol–water partition coefficient (Wildman–Crippen LogP) is 6.34. The number of phenols is 1. The summed E-state index contributed by atoms with van der Waals surface area (Å²) >= 11 is 0. The van der Waals surface area contributed by atoms with Crippen molar-refractivity contribution in [2.24, 2.45) is 0 Å². The minimum atomic E-state index is -0.683. The molecule has 2 N–H and O–H groups in total. The van der Waals surface area contributed by atoms with E-state index >= 15 is 4.39 Å². The number of fused-ring (bicyclic) bond motifs is 3. The summed E-state index contributed by atoms with van der Waals surface area (Å²) in [6.07, 6.45) is 8.75. The number of piperazine rings is 1. The number of methoxy groups -OCH3 is 1. The summed E-state index contributed by atoms with van der Waals surface area (Å²) in [5, 5.41) is 15.2. The Morgan fingerprint density at radius 1 is 1.15 bits per heavy atom. The summed E-state index contributed by atoms with van der Waals surface area (Å²) in [5.74, 6) is 1.48. The molecule has 0 spiro atoms. The fourth-order valence-electron chi connectivity index (χ4n) is 7.40. The van der Waals surface area contributed by atoms with Gasteiger partial charge in [0.2, 0.25) is 0 Å². The van der Waals surface area contributed by atoms with E-state index in [1.807, 2.05) is 13.8 Å². The van der Waals surface area contributed by atoms with Crippen molar-refractivity contribution in [1.82, 2.24) is 20.2 Å². The first-order chi connectivity index (χ1) is 23.3. The number of benzene rings is 3. The number of aromatic hydroxyl groups is 1. The Balaban J connectivity index is 0.00000197. The van der Waals surface area contributed by atoms with Crippen molar-refractivity contribution in [1.29, 1.82) is 0 Å². The highest BCUT2D eigenvalue weighted by Crippen LogP contribution is 2.43. The third kappa shape index (κ3) is 6.04. The van der Waals surface area contributed by atoms with Crippen LogP contribution >= 0.6 is 0 Å². The van der Waals surface area contributed by atoms with E-state index in [9.17, 15) is 13.9 Å². The average Bonchev–Trinajstić information content (AvgIpc) is 3.66. The maximum absolute atomic E-state index is 16.8. The lowest BCUT2D eigenvalue weighted by molar-refractivity contribution is 0.108. The zero-order chi connectivity index (χ0) is 34.0. The maximum Gasteiger partial charge on any atom is 0.319 e. The molecule has 0 saturated carbocycles. The zero-order valence-electron chi connectivity index (χ0n) is 27.5. The molecule has 252 valence electrons. The van der Waals surface area contributed by atoms with E-state index in [-0.39, 0.29) is 52.2 Å². The van der Waals surface area contributed by atoms with Crippen molar-refractivity contribution in [2.75, 3.05) is 57.9 Å². The molecular weight excluding hydrogens is 619 g/mol. The van der Waals surface area contributed by atoms with Gasteiger partial charge in [-0.05, 0) is 66.6 Å². The number of anilines is 1. The van der Waals surface area contributed by atoms with Crippen LogP contribution in [0.25, 0.3) is 32.8 Å². The normalized spacial score (nSPS) is 21.7. The van der Waals surface area contributed by atoms with Gasteiger partial charge in [0.15, 0.2) is 5.82 Å². The van der Waals surface area contributed by atoms with Gasteiger partial charge in [0, 0.05) is 55.7 Å². The minimum Gasteiger partial charge on any atom is -0.508 e. The lowest BCUT2D eigenvalue weighted by atomic mass is 9.93. The van der Waals surface area contributed by atoms with Crippen molar-refractivity contribution >= 4 is 27.5 Å². The molecule has 3 fully saturated rings. The highest BCUT2D eigenvalue weighted by atomic mass is 19.1. The van der Waals surface area contributed by atoms with E-state index < -0.39 is 11.6 Å². The van der Waals surface area contributed by atoms with Gasteiger partial charge in [-0.3, -0.25) is 4.90 Å². The Kier molecular flexibility index (Phi) is 9.78. The molecule has 3 aliphatic heterocycles. The van der Waals surface area contributed by atoms with Crippen LogP contribution < -0.4 is 15.0 Å². The van der Waals surface area contributed by atoms with Crippen LogP contribution in [-0.4, -0.2) is 84.6 Å². The van der Waals surface area contributed by atoms with Gasteiger partial charge in [-0.1, -0.05) is 31.9 Å². The van der Waals surface area contributed by atoms with Gasteiger partial charge in [0.1, 0.15) is 29.5 Å². The smallest absolute Gasteiger partial charge is 0.319 e. The number of phenolic OH excluding ortho intramolecular Hbond substituents is 1. The van der Waals surface area contributed by atoms with Crippen LogP contribution in [-0.2, 0) is 4.74 Å². The fraction of sp³-hybridized carbons (Fsp3) is 0.405. The van der Waals surface area contributed by atoms with Crippen molar-refractivity contribution in [2.45, 2.75) is 44.7 Å². The Labute approximate surface area is 278 Å². The number of halogens is 3. The van der Waals surface area contributed by atoms with Crippen molar-refractivity contribution < 1.29 is 27.8 Å². The van der Waals surface area contributed by atoms with Crippen molar-refractivity contribution in [3.8, 4) is 35.2 Å². The Hall–Kier alpha value is -4.37. The summed E-state index contributed by atoms with van der Waals surface area (Å²) in [7, 11) is 1.64. The number of nitrogens with zero attached hydrogens (tertiary/aromatic N) is 4. The fourth-order valence-corrected chi connectivity index (χ4v) is 7.40. The van der Waals surface area contributed by atoms with Gasteiger partial charge in [0.05, 0.1) is 24.0 Å². The molecule has 11 heteroatoms. The molecule has 0 aliphatic carbocycles. The summed E-state index contributed by atoms with van der Waals surface area (Å²) in [4.78, 5) is 13.7. The topological polar surface area (TPSA) is 83.0 Å². The number of ether oxygens (including phenoxy) is 2. The van der Waals surface area contributed by atoms with E-state index in [0.717, 1.165) is 25.0 Å². The lowest BCUT2D eigenvalue weighted by Gasteiger charge is -2.35. The molecule has 48 heavy (non-hydrogen) atoms. The first-order valence-electron chi connectivity index (χ1n) is 16.4. The van der Waals surface area contributed by atoms with Crippen LogP contribution in [0.4, 0.5) is 19.0 Å². The van der Waals surface area contributed by atoms with Crippen molar-refractivity contribution in [3.63, 3.8) is 0 Å². The summed E-state index contributed by atoms with van der Waals surface area (Å²) in [6.45, 7) is 7.97. The van der Waals surface area contributed by atoms with Crippen LogP contribution in [0.3, 0.4) is 0 Å². The third-order valence-electron chi connectivity index (χ3n) is 9.49. The Morgan fingerprint density at radius 2 is 1.98 bits per heavy atom. The second-order valence-electron chi connectivity index (χ2n) is 12.3. The maximum atomic E-state index is 16.8. The molecule has 3 saturated heterocycles. The largest absolute Gasteiger partial charge is 0.508 e. The van der Waals surface area contributed by atoms with Gasteiger partial charge in [-0.15, -0.1) is 6.42 Å². The Morgan fingerprint density at radius 3 is 2.75 bits per heavy atom. The predicted molar refractivity (Wildman–Crippen MR) is 182 cm³/mol. The summed E-state index contributed by atoms with van der Waals surface area (Å²) < 4.78 is 56.9. The minimum absolute atomic E-state index is 0.00963. The monoisotopic (exact) mass is 659 g/mol. The van der Waals surface area contributed by atoms with Crippen LogP contribution in [0.5, 0.6) is 11.8 Å². The molecule has 3 aromatic carbocycles. The first-order valence-corrected chi connectivity index (χ1v) is 16.4. The zero-order valence-corrected chi connectivity index (χ0v) is 27.5. The molecule has 8 nitrogen and oxygen atoms in total. The van der Waals surface area contributed by atoms with Crippen molar-refractivity contribution in [3.05, 3.63) is 65.5 Å². The number of aromatic nitrogens is 2. The second kappa shape index (κ2) is 14.0. The molecule has 0 amide bonds.